The van der Waals surface area contributed by atoms with Crippen LogP contribution in [0, 0.1) is 0 Å². The lowest BCUT2D eigenvalue weighted by Gasteiger charge is -2.04. The van der Waals surface area contributed by atoms with Crippen LogP contribution in [0.5, 0.6) is 0 Å². The number of carbonyl (C=O) groups is 1. The highest BCUT2D eigenvalue weighted by molar-refractivity contribution is 6.42. The van der Waals surface area contributed by atoms with Crippen LogP contribution < -0.4 is 5.32 Å². The van der Waals surface area contributed by atoms with Gasteiger partial charge in [-0.2, -0.15) is 23.4 Å². The minimum atomic E-state index is -4.66. The lowest BCUT2D eigenvalue weighted by atomic mass is 10.2. The van der Waals surface area contributed by atoms with Crippen LogP contribution in [0.4, 0.5) is 19.0 Å². The second kappa shape index (κ2) is 7.65. The molecule has 0 fully saturated rings. The Morgan fingerprint density at radius 3 is 2.43 bits per heavy atom. The SMILES string of the molecule is Cn1nc(C(F)(F)F)cc1C(=O)Nc1nn(Cc2ccc(Cl)c(Cl)c2)cc1Cl. The zero-order chi connectivity index (χ0) is 20.6. The third-order valence-electron chi connectivity index (χ3n) is 3.68. The van der Waals surface area contributed by atoms with E-state index in [1.165, 1.54) is 17.9 Å². The number of hydrogen-bond donors (Lipinski definition) is 1. The topological polar surface area (TPSA) is 64.7 Å². The van der Waals surface area contributed by atoms with Crippen molar-refractivity contribution in [2.45, 2.75) is 12.7 Å². The number of halogens is 6. The molecule has 1 N–H and O–H groups in total. The van der Waals surface area contributed by atoms with Gasteiger partial charge >= 0.3 is 6.18 Å². The van der Waals surface area contributed by atoms with E-state index in [0.29, 0.717) is 16.1 Å². The first-order valence-electron chi connectivity index (χ1n) is 7.64. The second-order valence-electron chi connectivity index (χ2n) is 5.76. The van der Waals surface area contributed by atoms with Crippen LogP contribution in [0.3, 0.4) is 0 Å². The number of anilines is 1. The van der Waals surface area contributed by atoms with Gasteiger partial charge in [0.25, 0.3) is 5.91 Å². The van der Waals surface area contributed by atoms with E-state index in [0.717, 1.165) is 10.2 Å². The molecule has 2 aromatic heterocycles. The Hall–Kier alpha value is -2.23. The molecule has 0 unspecified atom stereocenters. The van der Waals surface area contributed by atoms with Gasteiger partial charge in [0.05, 0.1) is 16.6 Å². The molecule has 148 valence electrons. The number of nitrogens with one attached hydrogen (secondary N) is 1. The van der Waals surface area contributed by atoms with E-state index >= 15 is 0 Å². The standard InChI is InChI=1S/C16H11Cl3F3N5O/c1-26-12(5-13(24-26)16(20,21)22)15(28)23-14-11(19)7-27(25-14)6-8-2-3-9(17)10(18)4-8/h2-5,7H,6H2,1H3,(H,23,25,28). The first-order valence-corrected chi connectivity index (χ1v) is 8.77. The molecule has 2 heterocycles. The number of aryl methyl sites for hydroxylation is 1. The smallest absolute Gasteiger partial charge is 0.302 e. The van der Waals surface area contributed by atoms with Crippen molar-refractivity contribution in [2.75, 3.05) is 5.32 Å². The highest BCUT2D eigenvalue weighted by atomic mass is 35.5. The minimum Gasteiger partial charge on any atom is -0.302 e. The maximum Gasteiger partial charge on any atom is 0.435 e. The fourth-order valence-corrected chi connectivity index (χ4v) is 2.90. The van der Waals surface area contributed by atoms with Gasteiger partial charge in [-0.1, -0.05) is 40.9 Å². The Bertz CT molecular complexity index is 1040. The third kappa shape index (κ3) is 4.43. The van der Waals surface area contributed by atoms with Crippen LogP contribution >= 0.6 is 34.8 Å². The highest BCUT2D eigenvalue weighted by Gasteiger charge is 2.35. The van der Waals surface area contributed by atoms with E-state index in [1.807, 2.05) is 0 Å². The predicted octanol–water partition coefficient (Wildman–Crippen LogP) is 4.90. The van der Waals surface area contributed by atoms with Gasteiger partial charge in [-0.15, -0.1) is 0 Å². The summed E-state index contributed by atoms with van der Waals surface area (Å²) in [4.78, 5) is 12.3. The molecular weight excluding hydrogens is 442 g/mol. The van der Waals surface area contributed by atoms with E-state index in [9.17, 15) is 18.0 Å². The van der Waals surface area contributed by atoms with Gasteiger partial charge in [0, 0.05) is 19.3 Å². The first-order chi connectivity index (χ1) is 13.0. The van der Waals surface area contributed by atoms with Gasteiger partial charge in [-0.25, -0.2) is 0 Å². The molecule has 3 rings (SSSR count). The van der Waals surface area contributed by atoms with E-state index in [-0.39, 0.29) is 23.1 Å². The molecule has 0 saturated heterocycles. The second-order valence-corrected chi connectivity index (χ2v) is 6.98. The fraction of sp³-hybridized carbons (Fsp3) is 0.188. The molecule has 1 amide bonds. The summed E-state index contributed by atoms with van der Waals surface area (Å²) in [5.74, 6) is -0.825. The average molecular weight is 453 g/mol. The maximum atomic E-state index is 12.7. The van der Waals surface area contributed by atoms with Crippen molar-refractivity contribution in [3.63, 3.8) is 0 Å². The van der Waals surface area contributed by atoms with E-state index < -0.39 is 17.8 Å². The molecule has 1 aromatic carbocycles. The van der Waals surface area contributed by atoms with Crippen molar-refractivity contribution < 1.29 is 18.0 Å². The highest BCUT2D eigenvalue weighted by Crippen LogP contribution is 2.29. The number of aromatic nitrogens is 4. The summed E-state index contributed by atoms with van der Waals surface area (Å²) in [5.41, 5.74) is -0.674. The summed E-state index contributed by atoms with van der Waals surface area (Å²) in [6.07, 6.45) is -3.20. The lowest BCUT2D eigenvalue weighted by molar-refractivity contribution is -0.141. The van der Waals surface area contributed by atoms with Crippen LogP contribution in [-0.4, -0.2) is 25.5 Å². The van der Waals surface area contributed by atoms with Gasteiger partial charge in [0.15, 0.2) is 11.5 Å². The van der Waals surface area contributed by atoms with Crippen LogP contribution in [0.2, 0.25) is 15.1 Å². The van der Waals surface area contributed by atoms with Crippen LogP contribution in [0.1, 0.15) is 21.7 Å². The number of amides is 1. The molecule has 0 atom stereocenters. The Morgan fingerprint density at radius 1 is 1.11 bits per heavy atom. The van der Waals surface area contributed by atoms with Gasteiger partial charge in [0.2, 0.25) is 0 Å². The molecular formula is C16H11Cl3F3N5O. The molecule has 28 heavy (non-hydrogen) atoms. The van der Waals surface area contributed by atoms with Crippen molar-refractivity contribution in [3.05, 3.63) is 62.5 Å². The zero-order valence-corrected chi connectivity index (χ0v) is 16.3. The van der Waals surface area contributed by atoms with E-state index in [2.05, 4.69) is 15.5 Å². The van der Waals surface area contributed by atoms with Crippen molar-refractivity contribution >= 4 is 46.5 Å². The molecule has 0 aliphatic heterocycles. The van der Waals surface area contributed by atoms with Crippen LogP contribution in [0.15, 0.2) is 30.5 Å². The van der Waals surface area contributed by atoms with E-state index in [4.69, 9.17) is 34.8 Å². The molecule has 3 aromatic rings. The van der Waals surface area contributed by atoms with Crippen molar-refractivity contribution in [2.24, 2.45) is 7.05 Å². The Kier molecular flexibility index (Phi) is 5.60. The predicted molar refractivity (Wildman–Crippen MR) is 99.0 cm³/mol. The first kappa shape index (κ1) is 20.5. The zero-order valence-electron chi connectivity index (χ0n) is 14.1. The summed E-state index contributed by atoms with van der Waals surface area (Å²) in [6, 6.07) is 5.69. The summed E-state index contributed by atoms with van der Waals surface area (Å²) < 4.78 is 40.5. The van der Waals surface area contributed by atoms with Gasteiger partial charge in [-0.3, -0.25) is 14.2 Å². The Labute approximate surface area is 171 Å². The molecule has 0 radical (unpaired) electrons. The molecule has 6 nitrogen and oxygen atoms in total. The maximum absolute atomic E-state index is 12.7. The molecule has 0 bridgehead atoms. The van der Waals surface area contributed by atoms with Crippen molar-refractivity contribution in [1.29, 1.82) is 0 Å². The monoisotopic (exact) mass is 451 g/mol. The summed E-state index contributed by atoms with van der Waals surface area (Å²) in [7, 11) is 1.23. The van der Waals surface area contributed by atoms with Crippen LogP contribution in [0.25, 0.3) is 0 Å². The minimum absolute atomic E-state index is 0.00138. The summed E-state index contributed by atoms with van der Waals surface area (Å²) >= 11 is 17.9. The van der Waals surface area contributed by atoms with Crippen LogP contribution in [-0.2, 0) is 19.8 Å². The van der Waals surface area contributed by atoms with E-state index in [1.54, 1.807) is 18.2 Å². The van der Waals surface area contributed by atoms with Gasteiger partial charge in [0.1, 0.15) is 10.7 Å². The number of hydrogen-bond acceptors (Lipinski definition) is 3. The normalized spacial score (nSPS) is 11.7. The molecule has 12 heteroatoms. The third-order valence-corrected chi connectivity index (χ3v) is 4.70. The molecule has 0 aliphatic carbocycles. The number of alkyl halides is 3. The number of nitrogens with zero attached hydrogens (tertiary/aromatic N) is 4. The Balaban J connectivity index is 1.77. The Morgan fingerprint density at radius 2 is 1.82 bits per heavy atom. The summed E-state index contributed by atoms with van der Waals surface area (Å²) in [5, 5.41) is 10.7. The number of carbonyl (C=O) groups excluding carboxylic acids is 1. The van der Waals surface area contributed by atoms with Gasteiger partial charge in [-0.05, 0) is 17.7 Å². The number of benzene rings is 1. The molecule has 0 aliphatic rings. The molecule has 0 spiro atoms. The fourth-order valence-electron chi connectivity index (χ4n) is 2.38. The summed E-state index contributed by atoms with van der Waals surface area (Å²) in [6.45, 7) is 0.288. The number of rotatable bonds is 4. The van der Waals surface area contributed by atoms with Crippen molar-refractivity contribution in [1.82, 2.24) is 19.6 Å². The quantitative estimate of drug-likeness (QED) is 0.613. The molecule has 0 saturated carbocycles. The average Bonchev–Trinajstić information content (AvgIpc) is 3.14. The lowest BCUT2D eigenvalue weighted by Crippen LogP contribution is -2.16. The van der Waals surface area contributed by atoms with Crippen molar-refractivity contribution in [3.8, 4) is 0 Å². The largest absolute Gasteiger partial charge is 0.435 e. The van der Waals surface area contributed by atoms with Gasteiger partial charge < -0.3 is 5.32 Å².